The largest absolute Gasteiger partial charge is 0.377 e. The quantitative estimate of drug-likeness (QED) is 0.567. The molecule has 2 heterocycles. The van der Waals surface area contributed by atoms with E-state index in [0.717, 1.165) is 26.3 Å². The van der Waals surface area contributed by atoms with E-state index >= 15 is 0 Å². The van der Waals surface area contributed by atoms with Crippen LogP contribution in [0.3, 0.4) is 0 Å². The molecule has 1 saturated heterocycles. The number of rotatable bonds is 1. The number of hydrogen-bond acceptors (Lipinski definition) is 3. The van der Waals surface area contributed by atoms with Crippen molar-refractivity contribution in [3.05, 3.63) is 12.4 Å². The van der Waals surface area contributed by atoms with Crippen molar-refractivity contribution in [1.82, 2.24) is 9.80 Å². The monoisotopic (exact) mass is 168 g/mol. The van der Waals surface area contributed by atoms with E-state index in [2.05, 4.69) is 36.2 Å². The zero-order valence-electron chi connectivity index (χ0n) is 7.79. The van der Waals surface area contributed by atoms with Gasteiger partial charge in [0.2, 0.25) is 0 Å². The van der Waals surface area contributed by atoms with E-state index in [1.54, 1.807) is 0 Å². The maximum Gasteiger partial charge on any atom is 0.0835 e. The van der Waals surface area contributed by atoms with Crippen LogP contribution in [0.1, 0.15) is 6.92 Å². The van der Waals surface area contributed by atoms with Gasteiger partial charge < -0.3 is 14.5 Å². The molecule has 3 heteroatoms. The van der Waals surface area contributed by atoms with E-state index in [4.69, 9.17) is 4.74 Å². The van der Waals surface area contributed by atoms with Crippen LogP contribution in [0.2, 0.25) is 0 Å². The fourth-order valence-electron chi connectivity index (χ4n) is 1.62. The zero-order valence-corrected chi connectivity index (χ0v) is 7.79. The average Bonchev–Trinajstić information content (AvgIpc) is 2.02. The van der Waals surface area contributed by atoms with Crippen molar-refractivity contribution in [1.29, 1.82) is 0 Å². The molecule has 68 valence electrons. The maximum atomic E-state index is 5.23. The SMILES string of the molecule is CN1C=CN(C2(C)COC2)CC1. The molecule has 2 rings (SSSR count). The minimum absolute atomic E-state index is 0.276. The van der Waals surface area contributed by atoms with Crippen molar-refractivity contribution in [2.75, 3.05) is 33.4 Å². The number of likely N-dealkylation sites (N-methyl/N-ethyl adjacent to an activating group) is 1. The summed E-state index contributed by atoms with van der Waals surface area (Å²) in [7, 11) is 2.10. The highest BCUT2D eigenvalue weighted by Crippen LogP contribution is 2.25. The number of ether oxygens (including phenoxy) is 1. The van der Waals surface area contributed by atoms with Gasteiger partial charge in [0.1, 0.15) is 0 Å². The first-order valence-corrected chi connectivity index (χ1v) is 4.44. The molecule has 0 spiro atoms. The van der Waals surface area contributed by atoms with E-state index in [-0.39, 0.29) is 5.54 Å². The van der Waals surface area contributed by atoms with Crippen LogP contribution in [0.4, 0.5) is 0 Å². The zero-order chi connectivity index (χ0) is 8.60. The second kappa shape index (κ2) is 2.66. The molecule has 2 aliphatic heterocycles. The fraction of sp³-hybridized carbons (Fsp3) is 0.778. The fourth-order valence-corrected chi connectivity index (χ4v) is 1.62. The number of nitrogens with zero attached hydrogens (tertiary/aromatic N) is 2. The van der Waals surface area contributed by atoms with Gasteiger partial charge >= 0.3 is 0 Å². The molecular weight excluding hydrogens is 152 g/mol. The molecule has 0 radical (unpaired) electrons. The van der Waals surface area contributed by atoms with Crippen molar-refractivity contribution in [3.8, 4) is 0 Å². The minimum Gasteiger partial charge on any atom is -0.377 e. The third-order valence-electron chi connectivity index (χ3n) is 2.71. The van der Waals surface area contributed by atoms with Gasteiger partial charge in [0, 0.05) is 32.5 Å². The standard InChI is InChI=1S/C9H16N2O/c1-9(7-12-8-9)11-5-3-10(2)4-6-11/h3,5H,4,6-8H2,1-2H3. The summed E-state index contributed by atoms with van der Waals surface area (Å²) in [4.78, 5) is 4.59. The van der Waals surface area contributed by atoms with Crippen LogP contribution < -0.4 is 0 Å². The maximum absolute atomic E-state index is 5.23. The molecule has 2 aliphatic rings. The lowest BCUT2D eigenvalue weighted by atomic mass is 9.98. The average molecular weight is 168 g/mol. The highest BCUT2D eigenvalue weighted by atomic mass is 16.5. The van der Waals surface area contributed by atoms with Crippen molar-refractivity contribution < 1.29 is 4.74 Å². The topological polar surface area (TPSA) is 15.7 Å². The predicted octanol–water partition coefficient (Wildman–Crippen LogP) is 0.494. The Bertz CT molecular complexity index is 199. The van der Waals surface area contributed by atoms with Crippen LogP contribution in [-0.2, 0) is 4.74 Å². The Labute approximate surface area is 73.6 Å². The van der Waals surface area contributed by atoms with Crippen LogP contribution in [0.5, 0.6) is 0 Å². The van der Waals surface area contributed by atoms with E-state index in [1.165, 1.54) is 0 Å². The molecule has 0 unspecified atom stereocenters. The molecule has 0 bridgehead atoms. The van der Waals surface area contributed by atoms with Crippen molar-refractivity contribution in [2.45, 2.75) is 12.5 Å². The van der Waals surface area contributed by atoms with Crippen LogP contribution >= 0.6 is 0 Å². The van der Waals surface area contributed by atoms with Gasteiger partial charge in [-0.25, -0.2) is 0 Å². The van der Waals surface area contributed by atoms with Crippen LogP contribution in [0, 0.1) is 0 Å². The van der Waals surface area contributed by atoms with Gasteiger partial charge in [-0.1, -0.05) is 0 Å². The lowest BCUT2D eigenvalue weighted by Crippen LogP contribution is -2.60. The van der Waals surface area contributed by atoms with Gasteiger partial charge in [0.05, 0.1) is 18.8 Å². The molecule has 0 N–H and O–H groups in total. The van der Waals surface area contributed by atoms with Crippen molar-refractivity contribution >= 4 is 0 Å². The van der Waals surface area contributed by atoms with Gasteiger partial charge in [0.25, 0.3) is 0 Å². The molecule has 1 fully saturated rings. The van der Waals surface area contributed by atoms with Crippen LogP contribution in [0.15, 0.2) is 12.4 Å². The van der Waals surface area contributed by atoms with Gasteiger partial charge in [-0.15, -0.1) is 0 Å². The molecular formula is C9H16N2O. The Morgan fingerprint density at radius 1 is 1.25 bits per heavy atom. The summed E-state index contributed by atoms with van der Waals surface area (Å²) >= 11 is 0. The summed E-state index contributed by atoms with van der Waals surface area (Å²) in [5, 5.41) is 0. The van der Waals surface area contributed by atoms with E-state index < -0.39 is 0 Å². The van der Waals surface area contributed by atoms with Crippen LogP contribution in [-0.4, -0.2) is 48.7 Å². The second-order valence-corrected chi connectivity index (χ2v) is 3.96. The highest BCUT2D eigenvalue weighted by Gasteiger charge is 2.38. The highest BCUT2D eigenvalue weighted by molar-refractivity contribution is 5.01. The number of hydrogen-bond donors (Lipinski definition) is 0. The van der Waals surface area contributed by atoms with Crippen molar-refractivity contribution in [3.63, 3.8) is 0 Å². The van der Waals surface area contributed by atoms with E-state index in [9.17, 15) is 0 Å². The molecule has 0 aromatic carbocycles. The Balaban J connectivity index is 2.01. The Kier molecular flexibility index (Phi) is 1.76. The summed E-state index contributed by atoms with van der Waals surface area (Å²) in [6.45, 7) is 6.24. The molecule has 0 saturated carbocycles. The molecule has 3 nitrogen and oxygen atoms in total. The first-order valence-electron chi connectivity index (χ1n) is 4.44. The smallest absolute Gasteiger partial charge is 0.0835 e. The molecule has 0 atom stereocenters. The predicted molar refractivity (Wildman–Crippen MR) is 47.7 cm³/mol. The third kappa shape index (κ3) is 1.18. The molecule has 0 aliphatic carbocycles. The van der Waals surface area contributed by atoms with Gasteiger partial charge in [-0.3, -0.25) is 0 Å². The molecule has 12 heavy (non-hydrogen) atoms. The minimum atomic E-state index is 0.276. The van der Waals surface area contributed by atoms with E-state index in [0.29, 0.717) is 0 Å². The summed E-state index contributed by atoms with van der Waals surface area (Å²) in [5.74, 6) is 0. The van der Waals surface area contributed by atoms with E-state index in [1.807, 2.05) is 0 Å². The molecule has 0 aromatic heterocycles. The first-order chi connectivity index (χ1) is 5.71. The second-order valence-electron chi connectivity index (χ2n) is 3.96. The molecule has 0 amide bonds. The third-order valence-corrected chi connectivity index (χ3v) is 2.71. The normalized spacial score (nSPS) is 27.2. The van der Waals surface area contributed by atoms with Gasteiger partial charge in [-0.2, -0.15) is 0 Å². The van der Waals surface area contributed by atoms with Gasteiger partial charge in [0.15, 0.2) is 0 Å². The Morgan fingerprint density at radius 3 is 2.42 bits per heavy atom. The molecule has 0 aromatic rings. The van der Waals surface area contributed by atoms with Gasteiger partial charge in [-0.05, 0) is 6.92 Å². The summed E-state index contributed by atoms with van der Waals surface area (Å²) in [5.41, 5.74) is 0.276. The Morgan fingerprint density at radius 2 is 2.00 bits per heavy atom. The summed E-state index contributed by atoms with van der Waals surface area (Å²) in [6, 6.07) is 0. The summed E-state index contributed by atoms with van der Waals surface area (Å²) in [6.07, 6.45) is 4.30. The van der Waals surface area contributed by atoms with Crippen molar-refractivity contribution in [2.24, 2.45) is 0 Å². The lowest BCUT2D eigenvalue weighted by molar-refractivity contribution is -0.116. The van der Waals surface area contributed by atoms with Crippen LogP contribution in [0.25, 0.3) is 0 Å². The summed E-state index contributed by atoms with van der Waals surface area (Å²) < 4.78 is 5.23. The lowest BCUT2D eigenvalue weighted by Gasteiger charge is -2.48. The Hall–Kier alpha value is -0.700. The first kappa shape index (κ1) is 7.92.